The van der Waals surface area contributed by atoms with Crippen LogP contribution in [-0.2, 0) is 11.3 Å². The minimum absolute atomic E-state index is 0.0821. The topological polar surface area (TPSA) is 47.4 Å². The second-order valence-electron chi connectivity index (χ2n) is 6.76. The number of thiophene rings is 1. The van der Waals surface area contributed by atoms with Crippen LogP contribution in [0.15, 0.2) is 71.2 Å². The Balaban J connectivity index is 1.56. The summed E-state index contributed by atoms with van der Waals surface area (Å²) in [4.78, 5) is 20.4. The van der Waals surface area contributed by atoms with E-state index < -0.39 is 0 Å². The summed E-state index contributed by atoms with van der Waals surface area (Å²) in [7, 11) is 1.85. The van der Waals surface area contributed by atoms with Crippen molar-refractivity contribution in [1.82, 2.24) is 14.5 Å². The van der Waals surface area contributed by atoms with Gasteiger partial charge in [0.25, 0.3) is 0 Å². The van der Waals surface area contributed by atoms with Gasteiger partial charge in [-0.2, -0.15) is 0 Å². The van der Waals surface area contributed by atoms with Crippen molar-refractivity contribution < 1.29 is 9.53 Å². The number of hydrogen-bond acceptors (Lipinski definition) is 5. The van der Waals surface area contributed by atoms with Crippen LogP contribution < -0.4 is 4.74 Å². The largest absolute Gasteiger partial charge is 0.494 e. The molecule has 0 bridgehead atoms. The Labute approximate surface area is 184 Å². The molecular weight excluding hydrogens is 414 g/mol. The zero-order chi connectivity index (χ0) is 20.9. The molecule has 30 heavy (non-hydrogen) atoms. The van der Waals surface area contributed by atoms with Gasteiger partial charge in [0.15, 0.2) is 5.16 Å². The molecule has 0 saturated carbocycles. The van der Waals surface area contributed by atoms with Crippen molar-refractivity contribution in [3.63, 3.8) is 0 Å². The lowest BCUT2D eigenvalue weighted by Gasteiger charge is -2.16. The standard InChI is InChI=1S/C23H23N3O2S2/c1-3-28-18-12-10-17(11-13-18)26-21-9-5-4-8-20(21)24-23(26)30-16-22(27)25(2)15-19-7-6-14-29-19/h4-14H,3,15-16H2,1-2H3. The average Bonchev–Trinajstić information content (AvgIpc) is 3.40. The molecule has 5 nitrogen and oxygen atoms in total. The van der Waals surface area contributed by atoms with Crippen LogP contribution in [-0.4, -0.2) is 39.8 Å². The molecule has 0 spiro atoms. The Morgan fingerprint density at radius 2 is 1.93 bits per heavy atom. The van der Waals surface area contributed by atoms with Gasteiger partial charge in [-0.25, -0.2) is 4.98 Å². The number of nitrogens with zero attached hydrogens (tertiary/aromatic N) is 3. The molecule has 0 aliphatic rings. The zero-order valence-electron chi connectivity index (χ0n) is 16.9. The number of thioether (sulfide) groups is 1. The van der Waals surface area contributed by atoms with E-state index in [0.29, 0.717) is 18.9 Å². The van der Waals surface area contributed by atoms with E-state index in [1.807, 2.05) is 80.0 Å². The van der Waals surface area contributed by atoms with E-state index in [2.05, 4.69) is 4.57 Å². The molecule has 0 fully saturated rings. The Morgan fingerprint density at radius 3 is 2.67 bits per heavy atom. The van der Waals surface area contributed by atoms with E-state index in [-0.39, 0.29) is 5.91 Å². The number of carbonyl (C=O) groups is 1. The SMILES string of the molecule is CCOc1ccc(-n2c(SCC(=O)N(C)Cc3cccs3)nc3ccccc32)cc1. The van der Waals surface area contributed by atoms with E-state index in [1.165, 1.54) is 16.6 Å². The Bertz CT molecular complexity index is 1120. The van der Waals surface area contributed by atoms with Crippen molar-refractivity contribution in [2.45, 2.75) is 18.6 Å². The number of benzene rings is 2. The Kier molecular flexibility index (Phi) is 6.40. The number of amides is 1. The molecule has 4 aromatic rings. The lowest BCUT2D eigenvalue weighted by molar-refractivity contribution is -0.127. The molecule has 0 saturated heterocycles. The highest BCUT2D eigenvalue weighted by Crippen LogP contribution is 2.29. The van der Waals surface area contributed by atoms with Crippen molar-refractivity contribution in [3.05, 3.63) is 70.9 Å². The van der Waals surface area contributed by atoms with Gasteiger partial charge >= 0.3 is 0 Å². The second kappa shape index (κ2) is 9.36. The maximum Gasteiger partial charge on any atom is 0.233 e. The van der Waals surface area contributed by atoms with Crippen molar-refractivity contribution in [1.29, 1.82) is 0 Å². The van der Waals surface area contributed by atoms with E-state index in [9.17, 15) is 4.79 Å². The summed E-state index contributed by atoms with van der Waals surface area (Å²) in [5.41, 5.74) is 2.92. The summed E-state index contributed by atoms with van der Waals surface area (Å²) in [5, 5.41) is 2.83. The van der Waals surface area contributed by atoms with Gasteiger partial charge in [0.2, 0.25) is 5.91 Å². The Hall–Kier alpha value is -2.77. The number of fused-ring (bicyclic) bond motifs is 1. The summed E-state index contributed by atoms with van der Waals surface area (Å²) in [6, 6.07) is 20.0. The molecule has 7 heteroatoms. The third kappa shape index (κ3) is 4.52. The third-order valence-electron chi connectivity index (χ3n) is 4.66. The first kappa shape index (κ1) is 20.5. The van der Waals surface area contributed by atoms with Crippen LogP contribution in [0.25, 0.3) is 16.7 Å². The molecule has 2 aromatic heterocycles. The van der Waals surface area contributed by atoms with Gasteiger partial charge in [-0.1, -0.05) is 30.0 Å². The van der Waals surface area contributed by atoms with Crippen molar-refractivity contribution in [2.75, 3.05) is 19.4 Å². The number of carbonyl (C=O) groups excluding carboxylic acids is 1. The lowest BCUT2D eigenvalue weighted by Crippen LogP contribution is -2.27. The summed E-state index contributed by atoms with van der Waals surface area (Å²) in [6.07, 6.45) is 0. The maximum atomic E-state index is 12.7. The highest BCUT2D eigenvalue weighted by molar-refractivity contribution is 7.99. The van der Waals surface area contributed by atoms with E-state index in [4.69, 9.17) is 9.72 Å². The minimum atomic E-state index is 0.0821. The van der Waals surface area contributed by atoms with Crippen LogP contribution in [0.1, 0.15) is 11.8 Å². The first-order valence-electron chi connectivity index (χ1n) is 9.75. The van der Waals surface area contributed by atoms with Gasteiger partial charge in [-0.15, -0.1) is 11.3 Å². The molecule has 0 atom stereocenters. The number of rotatable bonds is 8. The second-order valence-corrected chi connectivity index (χ2v) is 8.74. The number of para-hydroxylation sites is 2. The van der Waals surface area contributed by atoms with Crippen molar-refractivity contribution in [2.24, 2.45) is 0 Å². The molecular formula is C23H23N3O2S2. The molecule has 0 aliphatic heterocycles. The zero-order valence-corrected chi connectivity index (χ0v) is 18.6. The van der Waals surface area contributed by atoms with Crippen molar-refractivity contribution in [3.8, 4) is 11.4 Å². The summed E-state index contributed by atoms with van der Waals surface area (Å²) in [6.45, 7) is 3.24. The number of imidazole rings is 1. The van der Waals surface area contributed by atoms with Crippen LogP contribution in [0.2, 0.25) is 0 Å². The number of aromatic nitrogens is 2. The summed E-state index contributed by atoms with van der Waals surface area (Å²) in [5.74, 6) is 1.26. The van der Waals surface area contributed by atoms with E-state index >= 15 is 0 Å². The first-order valence-corrected chi connectivity index (χ1v) is 11.6. The quantitative estimate of drug-likeness (QED) is 0.354. The van der Waals surface area contributed by atoms with E-state index in [1.54, 1.807) is 16.2 Å². The predicted octanol–water partition coefficient (Wildman–Crippen LogP) is 5.24. The smallest absolute Gasteiger partial charge is 0.233 e. The predicted molar refractivity (Wildman–Crippen MR) is 124 cm³/mol. The molecule has 154 valence electrons. The van der Waals surface area contributed by atoms with Crippen LogP contribution in [0.3, 0.4) is 0 Å². The van der Waals surface area contributed by atoms with Gasteiger partial charge in [-0.05, 0) is 54.8 Å². The summed E-state index contributed by atoms with van der Waals surface area (Å²) < 4.78 is 7.66. The molecule has 2 aromatic carbocycles. The highest BCUT2D eigenvalue weighted by Gasteiger charge is 2.16. The average molecular weight is 438 g/mol. The molecule has 0 aliphatic carbocycles. The monoisotopic (exact) mass is 437 g/mol. The van der Waals surface area contributed by atoms with Crippen LogP contribution in [0, 0.1) is 0 Å². The van der Waals surface area contributed by atoms with Gasteiger partial charge in [0, 0.05) is 17.6 Å². The van der Waals surface area contributed by atoms with Crippen molar-refractivity contribution >= 4 is 40.0 Å². The normalized spacial score (nSPS) is 11.0. The van der Waals surface area contributed by atoms with Crippen LogP contribution >= 0.6 is 23.1 Å². The first-order chi connectivity index (χ1) is 14.7. The number of ether oxygens (including phenoxy) is 1. The number of hydrogen-bond donors (Lipinski definition) is 0. The maximum absolute atomic E-state index is 12.7. The fourth-order valence-electron chi connectivity index (χ4n) is 3.17. The molecule has 0 N–H and O–H groups in total. The third-order valence-corrected chi connectivity index (χ3v) is 6.44. The lowest BCUT2D eigenvalue weighted by atomic mass is 10.2. The fraction of sp³-hybridized carbons (Fsp3) is 0.217. The molecule has 1 amide bonds. The van der Waals surface area contributed by atoms with Gasteiger partial charge in [0.1, 0.15) is 5.75 Å². The highest BCUT2D eigenvalue weighted by atomic mass is 32.2. The van der Waals surface area contributed by atoms with Gasteiger partial charge in [-0.3, -0.25) is 9.36 Å². The molecule has 0 radical (unpaired) electrons. The molecule has 2 heterocycles. The summed E-state index contributed by atoms with van der Waals surface area (Å²) >= 11 is 3.13. The minimum Gasteiger partial charge on any atom is -0.494 e. The van der Waals surface area contributed by atoms with Crippen LogP contribution in [0.5, 0.6) is 5.75 Å². The van der Waals surface area contributed by atoms with Crippen LogP contribution in [0.4, 0.5) is 0 Å². The van der Waals surface area contributed by atoms with Gasteiger partial charge < -0.3 is 9.64 Å². The van der Waals surface area contributed by atoms with E-state index in [0.717, 1.165) is 27.6 Å². The molecule has 0 unspecified atom stereocenters. The molecule has 4 rings (SSSR count). The Morgan fingerprint density at radius 1 is 1.13 bits per heavy atom. The van der Waals surface area contributed by atoms with Gasteiger partial charge in [0.05, 0.1) is 29.9 Å². The fourth-order valence-corrected chi connectivity index (χ4v) is 4.90.